The van der Waals surface area contributed by atoms with Gasteiger partial charge in [-0.2, -0.15) is 4.89 Å². The zero-order valence-corrected chi connectivity index (χ0v) is 13.1. The molecule has 0 radical (unpaired) electrons. The maximum absolute atomic E-state index is 6.13. The van der Waals surface area contributed by atoms with Gasteiger partial charge in [-0.15, -0.1) is 0 Å². The van der Waals surface area contributed by atoms with Gasteiger partial charge in [0.1, 0.15) is 6.10 Å². The molecule has 3 rings (SSSR count). The predicted octanol–water partition coefficient (Wildman–Crippen LogP) is 4.93. The molecule has 0 amide bonds. The average Bonchev–Trinajstić information content (AvgIpc) is 2.54. The van der Waals surface area contributed by atoms with Crippen LogP contribution < -0.4 is 0 Å². The van der Waals surface area contributed by atoms with Gasteiger partial charge in [0.25, 0.3) is 0 Å². The summed E-state index contributed by atoms with van der Waals surface area (Å²) >= 11 is 0. The fourth-order valence-electron chi connectivity index (χ4n) is 2.82. The molecule has 1 saturated heterocycles. The number of hydrogen-bond donors (Lipinski definition) is 0. The van der Waals surface area contributed by atoms with Gasteiger partial charge in [-0.05, 0) is 35.8 Å². The SMILES string of the molecule is C=C(C)[C@H]1OO[C@H](c2ccc3ccccc3c2)O[C@@H]1CCC. The molecular formula is C19H22O3. The second-order valence-electron chi connectivity index (χ2n) is 5.86. The van der Waals surface area contributed by atoms with Crippen molar-refractivity contribution < 1.29 is 14.5 Å². The first-order valence-electron chi connectivity index (χ1n) is 7.80. The van der Waals surface area contributed by atoms with Crippen LogP contribution in [-0.2, 0) is 14.5 Å². The van der Waals surface area contributed by atoms with E-state index >= 15 is 0 Å². The summed E-state index contributed by atoms with van der Waals surface area (Å²) in [6.07, 6.45) is 1.24. The Hall–Kier alpha value is -1.68. The van der Waals surface area contributed by atoms with Crippen molar-refractivity contribution in [2.75, 3.05) is 0 Å². The number of fused-ring (bicyclic) bond motifs is 1. The van der Waals surface area contributed by atoms with E-state index in [1.165, 1.54) is 10.8 Å². The van der Waals surface area contributed by atoms with Crippen LogP contribution in [0.3, 0.4) is 0 Å². The summed E-state index contributed by atoms with van der Waals surface area (Å²) in [4.78, 5) is 11.0. The van der Waals surface area contributed by atoms with E-state index in [0.717, 1.165) is 24.0 Å². The minimum Gasteiger partial charge on any atom is -0.340 e. The Kier molecular flexibility index (Phi) is 4.57. The molecule has 116 valence electrons. The lowest BCUT2D eigenvalue weighted by Crippen LogP contribution is -2.39. The van der Waals surface area contributed by atoms with Gasteiger partial charge in [-0.3, -0.25) is 0 Å². The lowest BCUT2D eigenvalue weighted by atomic mass is 10.0. The van der Waals surface area contributed by atoms with E-state index in [2.05, 4.69) is 37.8 Å². The van der Waals surface area contributed by atoms with Gasteiger partial charge in [0, 0.05) is 5.56 Å². The zero-order valence-electron chi connectivity index (χ0n) is 13.1. The molecule has 0 spiro atoms. The highest BCUT2D eigenvalue weighted by Gasteiger charge is 2.34. The van der Waals surface area contributed by atoms with Gasteiger partial charge in [0.05, 0.1) is 6.10 Å². The number of benzene rings is 2. The Morgan fingerprint density at radius 1 is 1.09 bits per heavy atom. The second kappa shape index (κ2) is 6.61. The molecule has 1 fully saturated rings. The molecule has 0 N–H and O–H groups in total. The maximum atomic E-state index is 6.13. The molecule has 0 saturated carbocycles. The van der Waals surface area contributed by atoms with Gasteiger partial charge in [-0.25, -0.2) is 4.89 Å². The van der Waals surface area contributed by atoms with Gasteiger partial charge < -0.3 is 4.74 Å². The molecular weight excluding hydrogens is 276 g/mol. The fraction of sp³-hybridized carbons (Fsp3) is 0.368. The standard InChI is InChI=1S/C19H22O3/c1-4-7-17-18(13(2)3)21-22-19(20-17)16-11-10-14-8-5-6-9-15(14)12-16/h5-6,8-12,17-19H,2,4,7H2,1,3H3/t17-,18-,19-/m1/s1. The van der Waals surface area contributed by atoms with Crippen LogP contribution in [0.15, 0.2) is 54.6 Å². The van der Waals surface area contributed by atoms with Crippen LogP contribution >= 0.6 is 0 Å². The van der Waals surface area contributed by atoms with Crippen molar-refractivity contribution in [1.82, 2.24) is 0 Å². The fourth-order valence-corrected chi connectivity index (χ4v) is 2.82. The first-order valence-corrected chi connectivity index (χ1v) is 7.80. The van der Waals surface area contributed by atoms with Crippen molar-refractivity contribution in [3.63, 3.8) is 0 Å². The molecule has 0 unspecified atom stereocenters. The van der Waals surface area contributed by atoms with Crippen LogP contribution in [0, 0.1) is 0 Å². The Morgan fingerprint density at radius 3 is 2.59 bits per heavy atom. The van der Waals surface area contributed by atoms with E-state index in [1.807, 2.05) is 25.1 Å². The Morgan fingerprint density at radius 2 is 1.86 bits per heavy atom. The first-order chi connectivity index (χ1) is 10.7. The second-order valence-corrected chi connectivity index (χ2v) is 5.86. The van der Waals surface area contributed by atoms with Crippen LogP contribution in [0.2, 0.25) is 0 Å². The summed E-state index contributed by atoms with van der Waals surface area (Å²) in [6, 6.07) is 14.4. The van der Waals surface area contributed by atoms with E-state index in [-0.39, 0.29) is 12.2 Å². The summed E-state index contributed by atoms with van der Waals surface area (Å²) in [5.41, 5.74) is 1.90. The van der Waals surface area contributed by atoms with Crippen LogP contribution in [0.25, 0.3) is 10.8 Å². The van der Waals surface area contributed by atoms with Crippen molar-refractivity contribution in [2.45, 2.75) is 45.2 Å². The molecule has 0 bridgehead atoms. The average molecular weight is 298 g/mol. The molecule has 2 aromatic rings. The van der Waals surface area contributed by atoms with Crippen LogP contribution in [0.4, 0.5) is 0 Å². The van der Waals surface area contributed by atoms with Gasteiger partial charge >= 0.3 is 0 Å². The van der Waals surface area contributed by atoms with E-state index in [4.69, 9.17) is 14.5 Å². The lowest BCUT2D eigenvalue weighted by molar-refractivity contribution is -0.456. The van der Waals surface area contributed by atoms with Crippen molar-refractivity contribution in [3.05, 3.63) is 60.2 Å². The molecule has 0 aromatic heterocycles. The first kappa shape index (κ1) is 15.2. The van der Waals surface area contributed by atoms with Crippen LogP contribution in [0.5, 0.6) is 0 Å². The van der Waals surface area contributed by atoms with E-state index in [9.17, 15) is 0 Å². The van der Waals surface area contributed by atoms with Crippen molar-refractivity contribution >= 4 is 10.8 Å². The quantitative estimate of drug-likeness (QED) is 0.591. The minimum atomic E-state index is -0.489. The van der Waals surface area contributed by atoms with Gasteiger partial charge in [0.15, 0.2) is 0 Å². The lowest BCUT2D eigenvalue weighted by Gasteiger charge is -2.35. The van der Waals surface area contributed by atoms with Gasteiger partial charge in [0.2, 0.25) is 6.29 Å². The highest BCUT2D eigenvalue weighted by atomic mass is 17.2. The maximum Gasteiger partial charge on any atom is 0.217 e. The summed E-state index contributed by atoms with van der Waals surface area (Å²) < 4.78 is 6.13. The topological polar surface area (TPSA) is 27.7 Å². The molecule has 1 aliphatic rings. The highest BCUT2D eigenvalue weighted by Crippen LogP contribution is 2.33. The van der Waals surface area contributed by atoms with Crippen LogP contribution in [0.1, 0.15) is 38.5 Å². The predicted molar refractivity (Wildman–Crippen MR) is 87.2 cm³/mol. The molecule has 1 heterocycles. The Labute approximate surface area is 131 Å². The van der Waals surface area contributed by atoms with Gasteiger partial charge in [-0.1, -0.05) is 56.3 Å². The zero-order chi connectivity index (χ0) is 15.5. The van der Waals surface area contributed by atoms with Crippen molar-refractivity contribution in [2.24, 2.45) is 0 Å². The third kappa shape index (κ3) is 3.07. The molecule has 22 heavy (non-hydrogen) atoms. The molecule has 2 aromatic carbocycles. The van der Waals surface area contributed by atoms with Crippen molar-refractivity contribution in [3.8, 4) is 0 Å². The highest BCUT2D eigenvalue weighted by molar-refractivity contribution is 5.83. The summed E-state index contributed by atoms with van der Waals surface area (Å²) in [5.74, 6) is 0. The summed E-state index contributed by atoms with van der Waals surface area (Å²) in [7, 11) is 0. The Bertz CT molecular complexity index is 665. The van der Waals surface area contributed by atoms with E-state index in [1.54, 1.807) is 0 Å². The Balaban J connectivity index is 1.83. The molecule has 1 aliphatic heterocycles. The molecule has 3 heteroatoms. The smallest absolute Gasteiger partial charge is 0.217 e. The summed E-state index contributed by atoms with van der Waals surface area (Å²) in [5, 5.41) is 2.37. The minimum absolute atomic E-state index is 0.0206. The molecule has 3 atom stereocenters. The van der Waals surface area contributed by atoms with E-state index < -0.39 is 6.29 Å². The third-order valence-corrected chi connectivity index (χ3v) is 3.99. The third-order valence-electron chi connectivity index (χ3n) is 3.99. The van der Waals surface area contributed by atoms with Crippen LogP contribution in [-0.4, -0.2) is 12.2 Å². The molecule has 3 nitrogen and oxygen atoms in total. The molecule has 0 aliphatic carbocycles. The number of hydrogen-bond acceptors (Lipinski definition) is 3. The summed E-state index contributed by atoms with van der Waals surface area (Å²) in [6.45, 7) is 8.04. The van der Waals surface area contributed by atoms with Crippen molar-refractivity contribution in [1.29, 1.82) is 0 Å². The number of rotatable bonds is 4. The normalized spacial score (nSPS) is 25.3. The largest absolute Gasteiger partial charge is 0.340 e. The van der Waals surface area contributed by atoms with E-state index in [0.29, 0.717) is 0 Å². The monoisotopic (exact) mass is 298 g/mol. The number of ether oxygens (including phenoxy) is 1.